The van der Waals surface area contributed by atoms with Crippen LogP contribution in [0.15, 0.2) is 36.4 Å². The number of pyridine rings is 1. The predicted molar refractivity (Wildman–Crippen MR) is 74.0 cm³/mol. The van der Waals surface area contributed by atoms with Crippen molar-refractivity contribution in [3.8, 4) is 5.88 Å². The molecule has 0 N–H and O–H groups in total. The molecule has 1 aromatic heterocycles. The molecule has 0 fully saturated rings. The number of rotatable bonds is 4. The minimum absolute atomic E-state index is 0.338. The van der Waals surface area contributed by atoms with Crippen molar-refractivity contribution in [2.75, 3.05) is 13.7 Å². The molecule has 0 aliphatic rings. The van der Waals surface area contributed by atoms with Crippen LogP contribution < -0.4 is 4.74 Å². The zero-order chi connectivity index (χ0) is 13.7. The van der Waals surface area contributed by atoms with Gasteiger partial charge >= 0.3 is 5.97 Å². The van der Waals surface area contributed by atoms with E-state index in [4.69, 9.17) is 9.47 Å². The van der Waals surface area contributed by atoms with E-state index in [2.05, 4.69) is 4.98 Å². The number of carbonyl (C=O) groups is 1. The summed E-state index contributed by atoms with van der Waals surface area (Å²) in [4.78, 5) is 15.5. The zero-order valence-electron chi connectivity index (χ0n) is 10.9. The van der Waals surface area contributed by atoms with Crippen LogP contribution in [0, 0.1) is 0 Å². The Morgan fingerprint density at radius 2 is 2.16 bits per heavy atom. The molecule has 0 saturated heterocycles. The van der Waals surface area contributed by atoms with Gasteiger partial charge < -0.3 is 9.47 Å². The summed E-state index contributed by atoms with van der Waals surface area (Å²) in [6, 6.07) is 9.48. The number of aromatic nitrogens is 1. The summed E-state index contributed by atoms with van der Waals surface area (Å²) in [6.45, 7) is 2.16. The lowest BCUT2D eigenvalue weighted by atomic mass is 10.1. The van der Waals surface area contributed by atoms with Crippen LogP contribution in [0.25, 0.3) is 17.0 Å². The van der Waals surface area contributed by atoms with Gasteiger partial charge in [0.15, 0.2) is 0 Å². The molecule has 1 aromatic carbocycles. The molecule has 1 heterocycles. The Labute approximate surface area is 111 Å². The SMILES string of the molecule is CCOC(=O)C=Cc1ccc2nc(OC)ccc2c1. The average molecular weight is 257 g/mol. The van der Waals surface area contributed by atoms with Crippen LogP contribution in [0.2, 0.25) is 0 Å². The third-order valence-electron chi connectivity index (χ3n) is 2.60. The number of carbonyl (C=O) groups excluding carboxylic acids is 1. The van der Waals surface area contributed by atoms with E-state index in [1.807, 2.05) is 24.3 Å². The molecule has 0 amide bonds. The normalized spacial score (nSPS) is 10.8. The molecule has 98 valence electrons. The Morgan fingerprint density at radius 1 is 1.32 bits per heavy atom. The van der Waals surface area contributed by atoms with Gasteiger partial charge in [0, 0.05) is 17.5 Å². The van der Waals surface area contributed by atoms with Crippen molar-refractivity contribution in [3.63, 3.8) is 0 Å². The maximum atomic E-state index is 11.2. The van der Waals surface area contributed by atoms with E-state index >= 15 is 0 Å². The Balaban J connectivity index is 2.24. The highest BCUT2D eigenvalue weighted by molar-refractivity contribution is 5.88. The lowest BCUT2D eigenvalue weighted by Crippen LogP contribution is -1.98. The van der Waals surface area contributed by atoms with Gasteiger partial charge in [0.25, 0.3) is 0 Å². The predicted octanol–water partition coefficient (Wildman–Crippen LogP) is 2.82. The Hall–Kier alpha value is -2.36. The van der Waals surface area contributed by atoms with Crippen LogP contribution in [-0.2, 0) is 9.53 Å². The van der Waals surface area contributed by atoms with Crippen molar-refractivity contribution in [1.29, 1.82) is 0 Å². The molecule has 2 rings (SSSR count). The topological polar surface area (TPSA) is 48.4 Å². The van der Waals surface area contributed by atoms with Gasteiger partial charge in [-0.15, -0.1) is 0 Å². The first-order valence-electron chi connectivity index (χ1n) is 6.02. The fraction of sp³-hybridized carbons (Fsp3) is 0.200. The number of benzene rings is 1. The summed E-state index contributed by atoms with van der Waals surface area (Å²) in [5.74, 6) is 0.248. The second-order valence-corrected chi connectivity index (χ2v) is 3.89. The number of methoxy groups -OCH3 is 1. The minimum Gasteiger partial charge on any atom is -0.481 e. The molecular weight excluding hydrogens is 242 g/mol. The van der Waals surface area contributed by atoms with Crippen LogP contribution in [-0.4, -0.2) is 24.7 Å². The number of hydrogen-bond donors (Lipinski definition) is 0. The molecule has 0 saturated carbocycles. The molecule has 4 heteroatoms. The molecule has 0 spiro atoms. The van der Waals surface area contributed by atoms with Gasteiger partial charge in [0.2, 0.25) is 5.88 Å². The summed E-state index contributed by atoms with van der Waals surface area (Å²) in [5.41, 5.74) is 1.78. The Bertz CT molecular complexity index is 620. The Morgan fingerprint density at radius 3 is 2.89 bits per heavy atom. The van der Waals surface area contributed by atoms with Crippen LogP contribution in [0.4, 0.5) is 0 Å². The third kappa shape index (κ3) is 3.31. The van der Waals surface area contributed by atoms with E-state index in [0.29, 0.717) is 12.5 Å². The zero-order valence-corrected chi connectivity index (χ0v) is 10.9. The maximum absolute atomic E-state index is 11.2. The summed E-state index contributed by atoms with van der Waals surface area (Å²) < 4.78 is 9.90. The second kappa shape index (κ2) is 6.00. The fourth-order valence-corrected chi connectivity index (χ4v) is 1.70. The molecule has 4 nitrogen and oxygen atoms in total. The van der Waals surface area contributed by atoms with E-state index in [0.717, 1.165) is 16.5 Å². The van der Waals surface area contributed by atoms with Gasteiger partial charge in [0.1, 0.15) is 0 Å². The minimum atomic E-state index is -0.338. The number of hydrogen-bond acceptors (Lipinski definition) is 4. The lowest BCUT2D eigenvalue weighted by molar-refractivity contribution is -0.137. The van der Waals surface area contributed by atoms with E-state index in [-0.39, 0.29) is 5.97 Å². The van der Waals surface area contributed by atoms with Gasteiger partial charge in [-0.2, -0.15) is 0 Å². The molecule has 0 atom stereocenters. The van der Waals surface area contributed by atoms with Crippen molar-refractivity contribution in [3.05, 3.63) is 42.0 Å². The third-order valence-corrected chi connectivity index (χ3v) is 2.60. The van der Waals surface area contributed by atoms with Gasteiger partial charge in [-0.25, -0.2) is 9.78 Å². The highest BCUT2D eigenvalue weighted by atomic mass is 16.5. The highest BCUT2D eigenvalue weighted by Gasteiger charge is 1.99. The second-order valence-electron chi connectivity index (χ2n) is 3.89. The number of fused-ring (bicyclic) bond motifs is 1. The van der Waals surface area contributed by atoms with Crippen LogP contribution in [0.3, 0.4) is 0 Å². The Kier molecular flexibility index (Phi) is 4.13. The van der Waals surface area contributed by atoms with E-state index in [1.54, 1.807) is 26.2 Å². The highest BCUT2D eigenvalue weighted by Crippen LogP contribution is 2.18. The van der Waals surface area contributed by atoms with Gasteiger partial charge in [0.05, 0.1) is 19.2 Å². The quantitative estimate of drug-likeness (QED) is 0.624. The summed E-state index contributed by atoms with van der Waals surface area (Å²) in [7, 11) is 1.59. The van der Waals surface area contributed by atoms with E-state index in [1.165, 1.54) is 6.08 Å². The molecule has 0 aliphatic carbocycles. The van der Waals surface area contributed by atoms with Crippen molar-refractivity contribution >= 4 is 22.9 Å². The molecule has 0 unspecified atom stereocenters. The maximum Gasteiger partial charge on any atom is 0.330 e. The van der Waals surface area contributed by atoms with Gasteiger partial charge in [-0.1, -0.05) is 6.07 Å². The molecule has 0 bridgehead atoms. The molecule has 0 aliphatic heterocycles. The van der Waals surface area contributed by atoms with E-state index < -0.39 is 0 Å². The van der Waals surface area contributed by atoms with Gasteiger partial charge in [-0.05, 0) is 36.8 Å². The number of esters is 1. The lowest BCUT2D eigenvalue weighted by Gasteiger charge is -2.02. The average Bonchev–Trinajstić information content (AvgIpc) is 2.44. The van der Waals surface area contributed by atoms with Crippen molar-refractivity contribution in [1.82, 2.24) is 4.98 Å². The molecule has 0 radical (unpaired) electrons. The summed E-state index contributed by atoms with van der Waals surface area (Å²) in [6.07, 6.45) is 3.14. The summed E-state index contributed by atoms with van der Waals surface area (Å²) in [5, 5.41) is 0.992. The molecule has 2 aromatic rings. The first-order chi connectivity index (χ1) is 9.22. The van der Waals surface area contributed by atoms with Crippen molar-refractivity contribution in [2.24, 2.45) is 0 Å². The van der Waals surface area contributed by atoms with Crippen molar-refractivity contribution in [2.45, 2.75) is 6.92 Å². The molecular formula is C15H15NO3. The van der Waals surface area contributed by atoms with Crippen molar-refractivity contribution < 1.29 is 14.3 Å². The van der Waals surface area contributed by atoms with Gasteiger partial charge in [-0.3, -0.25) is 0 Å². The van der Waals surface area contributed by atoms with Crippen LogP contribution >= 0.6 is 0 Å². The van der Waals surface area contributed by atoms with Crippen LogP contribution in [0.5, 0.6) is 5.88 Å². The first-order valence-corrected chi connectivity index (χ1v) is 6.02. The first kappa shape index (κ1) is 13.1. The van der Waals surface area contributed by atoms with E-state index in [9.17, 15) is 4.79 Å². The standard InChI is InChI=1S/C15H15NO3/c1-3-19-15(17)9-5-11-4-7-13-12(10-11)6-8-14(16-13)18-2/h4-10H,3H2,1-2H3. The monoisotopic (exact) mass is 257 g/mol. The smallest absolute Gasteiger partial charge is 0.330 e. The largest absolute Gasteiger partial charge is 0.481 e. The number of ether oxygens (including phenoxy) is 2. The number of nitrogens with zero attached hydrogens (tertiary/aromatic N) is 1. The molecule has 19 heavy (non-hydrogen) atoms. The fourth-order valence-electron chi connectivity index (χ4n) is 1.70. The van der Waals surface area contributed by atoms with Crippen LogP contribution in [0.1, 0.15) is 12.5 Å². The summed E-state index contributed by atoms with van der Waals surface area (Å²) >= 11 is 0.